The van der Waals surface area contributed by atoms with Gasteiger partial charge in [0.1, 0.15) is 5.82 Å². The Bertz CT molecular complexity index is 686. The number of hydrogen-bond acceptors (Lipinski definition) is 3. The van der Waals surface area contributed by atoms with Crippen molar-refractivity contribution in [3.8, 4) is 0 Å². The van der Waals surface area contributed by atoms with E-state index in [0.29, 0.717) is 38.5 Å². The SMILES string of the molecule is CC(=O)NC1(c2cccc(F)c2)CCN(CC(=O)N2CCCCC2C)CC1. The molecule has 148 valence electrons. The average Bonchev–Trinajstić information content (AvgIpc) is 2.63. The molecule has 6 heteroatoms. The predicted molar refractivity (Wildman–Crippen MR) is 103 cm³/mol. The zero-order valence-electron chi connectivity index (χ0n) is 16.3. The van der Waals surface area contributed by atoms with E-state index in [9.17, 15) is 14.0 Å². The monoisotopic (exact) mass is 375 g/mol. The van der Waals surface area contributed by atoms with E-state index in [4.69, 9.17) is 0 Å². The Morgan fingerprint density at radius 3 is 2.59 bits per heavy atom. The highest BCUT2D eigenvalue weighted by molar-refractivity contribution is 5.78. The van der Waals surface area contributed by atoms with E-state index in [1.54, 1.807) is 6.07 Å². The molecule has 0 radical (unpaired) electrons. The van der Waals surface area contributed by atoms with E-state index in [1.165, 1.54) is 25.5 Å². The lowest BCUT2D eigenvalue weighted by Gasteiger charge is -2.43. The molecule has 5 nitrogen and oxygen atoms in total. The summed E-state index contributed by atoms with van der Waals surface area (Å²) in [6.45, 7) is 6.29. The second-order valence-corrected chi connectivity index (χ2v) is 7.98. The van der Waals surface area contributed by atoms with Crippen LogP contribution in [-0.4, -0.2) is 53.8 Å². The van der Waals surface area contributed by atoms with Crippen LogP contribution < -0.4 is 5.32 Å². The topological polar surface area (TPSA) is 52.7 Å². The molecule has 2 heterocycles. The van der Waals surface area contributed by atoms with Crippen molar-refractivity contribution in [1.82, 2.24) is 15.1 Å². The Morgan fingerprint density at radius 1 is 1.22 bits per heavy atom. The number of likely N-dealkylation sites (tertiary alicyclic amines) is 2. The van der Waals surface area contributed by atoms with E-state index in [0.717, 1.165) is 24.9 Å². The van der Waals surface area contributed by atoms with E-state index < -0.39 is 5.54 Å². The first-order chi connectivity index (χ1) is 12.9. The summed E-state index contributed by atoms with van der Waals surface area (Å²) in [7, 11) is 0. The van der Waals surface area contributed by atoms with Crippen molar-refractivity contribution >= 4 is 11.8 Å². The quantitative estimate of drug-likeness (QED) is 0.880. The lowest BCUT2D eigenvalue weighted by Crippen LogP contribution is -2.54. The summed E-state index contributed by atoms with van der Waals surface area (Å²) in [5, 5.41) is 3.06. The molecule has 0 bridgehead atoms. The number of nitrogens with one attached hydrogen (secondary N) is 1. The normalized spacial score (nSPS) is 23.1. The van der Waals surface area contributed by atoms with Gasteiger partial charge in [-0.2, -0.15) is 0 Å². The van der Waals surface area contributed by atoms with Crippen molar-refractivity contribution < 1.29 is 14.0 Å². The number of carbonyl (C=O) groups is 2. The van der Waals surface area contributed by atoms with E-state index in [2.05, 4.69) is 17.1 Å². The Hall–Kier alpha value is -1.95. The van der Waals surface area contributed by atoms with Crippen LogP contribution in [0.5, 0.6) is 0 Å². The summed E-state index contributed by atoms with van der Waals surface area (Å²) >= 11 is 0. The molecule has 2 saturated heterocycles. The summed E-state index contributed by atoms with van der Waals surface area (Å²) in [5.41, 5.74) is 0.236. The molecular weight excluding hydrogens is 345 g/mol. The first-order valence-corrected chi connectivity index (χ1v) is 9.96. The molecule has 0 aromatic heterocycles. The minimum atomic E-state index is -0.564. The summed E-state index contributed by atoms with van der Waals surface area (Å²) in [6, 6.07) is 6.80. The highest BCUT2D eigenvalue weighted by Crippen LogP contribution is 2.33. The van der Waals surface area contributed by atoms with Crippen molar-refractivity contribution in [1.29, 1.82) is 0 Å². The minimum absolute atomic E-state index is 0.120. The molecule has 1 aromatic carbocycles. The van der Waals surface area contributed by atoms with Gasteiger partial charge in [-0.15, -0.1) is 0 Å². The van der Waals surface area contributed by atoms with Crippen LogP contribution in [0.2, 0.25) is 0 Å². The van der Waals surface area contributed by atoms with Crippen molar-refractivity contribution in [3.63, 3.8) is 0 Å². The number of hydrogen-bond donors (Lipinski definition) is 1. The Balaban J connectivity index is 1.65. The smallest absolute Gasteiger partial charge is 0.236 e. The van der Waals surface area contributed by atoms with Crippen molar-refractivity contribution in [2.75, 3.05) is 26.2 Å². The van der Waals surface area contributed by atoms with Crippen molar-refractivity contribution in [2.45, 2.75) is 57.5 Å². The fourth-order valence-corrected chi connectivity index (χ4v) is 4.45. The van der Waals surface area contributed by atoms with Crippen molar-refractivity contribution in [2.24, 2.45) is 0 Å². The van der Waals surface area contributed by atoms with Crippen LogP contribution in [-0.2, 0) is 15.1 Å². The zero-order chi connectivity index (χ0) is 19.4. The number of nitrogens with zero attached hydrogens (tertiary/aromatic N) is 2. The molecule has 1 unspecified atom stereocenters. The summed E-state index contributed by atoms with van der Waals surface area (Å²) in [6.07, 6.45) is 4.69. The third kappa shape index (κ3) is 4.67. The van der Waals surface area contributed by atoms with Gasteiger partial charge in [0.25, 0.3) is 0 Å². The standard InChI is InChI=1S/C21H30FN3O2/c1-16-6-3-4-11-25(16)20(27)15-24-12-9-21(10-13-24,23-17(2)26)18-7-5-8-19(22)14-18/h5,7-8,14,16H,3-4,6,9-13,15H2,1-2H3,(H,23,26). The molecule has 1 aromatic rings. The second kappa shape index (κ2) is 8.38. The maximum absolute atomic E-state index is 13.7. The number of benzene rings is 1. The van der Waals surface area contributed by atoms with Crippen LogP contribution >= 0.6 is 0 Å². The maximum atomic E-state index is 13.7. The Kier molecular flexibility index (Phi) is 6.15. The van der Waals surface area contributed by atoms with Crippen molar-refractivity contribution in [3.05, 3.63) is 35.6 Å². The van der Waals surface area contributed by atoms with Gasteiger partial charge >= 0.3 is 0 Å². The van der Waals surface area contributed by atoms with Gasteiger partial charge in [0.05, 0.1) is 12.1 Å². The minimum Gasteiger partial charge on any atom is -0.347 e. The molecular formula is C21H30FN3O2. The highest BCUT2D eigenvalue weighted by Gasteiger charge is 2.38. The molecule has 2 aliphatic heterocycles. The number of amides is 2. The van der Waals surface area contributed by atoms with Gasteiger partial charge in [-0.1, -0.05) is 12.1 Å². The second-order valence-electron chi connectivity index (χ2n) is 7.98. The highest BCUT2D eigenvalue weighted by atomic mass is 19.1. The summed E-state index contributed by atoms with van der Waals surface area (Å²) in [4.78, 5) is 28.7. The van der Waals surface area contributed by atoms with Crippen LogP contribution in [0.1, 0.15) is 51.5 Å². The molecule has 27 heavy (non-hydrogen) atoms. The molecule has 2 aliphatic rings. The molecule has 0 aliphatic carbocycles. The largest absolute Gasteiger partial charge is 0.347 e. The Morgan fingerprint density at radius 2 is 1.96 bits per heavy atom. The molecule has 1 atom stereocenters. The molecule has 1 N–H and O–H groups in total. The number of halogens is 1. The fraction of sp³-hybridized carbons (Fsp3) is 0.619. The summed E-state index contributed by atoms with van der Waals surface area (Å²) in [5.74, 6) is -0.222. The molecule has 2 amide bonds. The molecule has 3 rings (SSSR count). The van der Waals surface area contributed by atoms with Gasteiger partial charge in [-0.05, 0) is 56.7 Å². The van der Waals surface area contributed by atoms with Gasteiger partial charge in [0.2, 0.25) is 11.8 Å². The van der Waals surface area contributed by atoms with Gasteiger partial charge in [0.15, 0.2) is 0 Å². The van der Waals surface area contributed by atoms with E-state index in [-0.39, 0.29) is 17.6 Å². The fourth-order valence-electron chi connectivity index (χ4n) is 4.45. The van der Waals surface area contributed by atoms with Gasteiger partial charge in [0, 0.05) is 32.6 Å². The molecule has 0 spiro atoms. The van der Waals surface area contributed by atoms with Crippen LogP contribution in [0.25, 0.3) is 0 Å². The van der Waals surface area contributed by atoms with Crippen LogP contribution in [0.4, 0.5) is 4.39 Å². The van der Waals surface area contributed by atoms with Crippen LogP contribution in [0.15, 0.2) is 24.3 Å². The third-order valence-electron chi connectivity index (χ3n) is 5.98. The number of rotatable bonds is 4. The molecule has 0 saturated carbocycles. The Labute approximate surface area is 160 Å². The van der Waals surface area contributed by atoms with Crippen LogP contribution in [0, 0.1) is 5.82 Å². The van der Waals surface area contributed by atoms with Gasteiger partial charge in [-0.25, -0.2) is 4.39 Å². The predicted octanol–water partition coefficient (Wildman–Crippen LogP) is 2.65. The first kappa shape index (κ1) is 19.8. The lowest BCUT2D eigenvalue weighted by atomic mass is 9.80. The number of piperidine rings is 2. The third-order valence-corrected chi connectivity index (χ3v) is 5.98. The lowest BCUT2D eigenvalue weighted by molar-refractivity contribution is -0.136. The first-order valence-electron chi connectivity index (χ1n) is 9.96. The molecule has 2 fully saturated rings. The zero-order valence-corrected chi connectivity index (χ0v) is 16.3. The summed E-state index contributed by atoms with van der Waals surface area (Å²) < 4.78 is 13.7. The number of carbonyl (C=O) groups excluding carboxylic acids is 2. The van der Waals surface area contributed by atoms with Crippen LogP contribution in [0.3, 0.4) is 0 Å². The van der Waals surface area contributed by atoms with Gasteiger partial charge in [-0.3, -0.25) is 14.5 Å². The van der Waals surface area contributed by atoms with E-state index >= 15 is 0 Å². The average molecular weight is 375 g/mol. The van der Waals surface area contributed by atoms with Gasteiger partial charge < -0.3 is 10.2 Å². The van der Waals surface area contributed by atoms with E-state index in [1.807, 2.05) is 11.0 Å². The maximum Gasteiger partial charge on any atom is 0.236 e.